The summed E-state index contributed by atoms with van der Waals surface area (Å²) in [6, 6.07) is 15.2. The first-order valence-corrected chi connectivity index (χ1v) is 6.47. The number of hydrogen-bond donors (Lipinski definition) is 1. The van der Waals surface area contributed by atoms with Gasteiger partial charge in [0.1, 0.15) is 0 Å². The van der Waals surface area contributed by atoms with Gasteiger partial charge in [-0.1, -0.05) is 30.3 Å². The maximum atomic E-state index is 12.3. The number of fused-ring (bicyclic) bond motifs is 1. The van der Waals surface area contributed by atoms with Crippen LogP contribution in [0.3, 0.4) is 0 Å². The van der Waals surface area contributed by atoms with Gasteiger partial charge in [0, 0.05) is 11.1 Å². The van der Waals surface area contributed by atoms with Crippen LogP contribution in [-0.4, -0.2) is 15.8 Å². The van der Waals surface area contributed by atoms with E-state index in [4.69, 9.17) is 0 Å². The van der Waals surface area contributed by atoms with Crippen molar-refractivity contribution in [1.82, 2.24) is 9.78 Å². The zero-order valence-electron chi connectivity index (χ0n) is 11.4. The third kappa shape index (κ3) is 2.16. The number of para-hydroxylation sites is 1. The lowest BCUT2D eigenvalue weighted by Crippen LogP contribution is -2.20. The van der Waals surface area contributed by atoms with Crippen LogP contribution >= 0.6 is 0 Å². The normalized spacial score (nSPS) is 10.7. The molecule has 0 unspecified atom stereocenters. The molecule has 3 aromatic rings. The number of rotatable bonds is 1. The summed E-state index contributed by atoms with van der Waals surface area (Å²) < 4.78 is 1.41. The van der Waals surface area contributed by atoms with Gasteiger partial charge < -0.3 is 5.32 Å². The Balaban J connectivity index is 1.97. The molecule has 0 aliphatic carbocycles. The van der Waals surface area contributed by atoms with Crippen molar-refractivity contribution in [2.45, 2.75) is 13.8 Å². The Kier molecular flexibility index (Phi) is 2.99. The number of benzene rings is 2. The third-order valence-electron chi connectivity index (χ3n) is 3.23. The van der Waals surface area contributed by atoms with Crippen LogP contribution in [-0.2, 0) is 0 Å². The molecule has 0 aliphatic rings. The van der Waals surface area contributed by atoms with Crippen molar-refractivity contribution in [2.24, 2.45) is 0 Å². The second kappa shape index (κ2) is 4.81. The van der Waals surface area contributed by atoms with E-state index >= 15 is 0 Å². The summed E-state index contributed by atoms with van der Waals surface area (Å²) in [5, 5.41) is 8.17. The first-order chi connectivity index (χ1) is 9.65. The van der Waals surface area contributed by atoms with E-state index in [2.05, 4.69) is 10.4 Å². The Morgan fingerprint density at radius 2 is 1.90 bits per heavy atom. The molecule has 1 N–H and O–H groups in total. The Morgan fingerprint density at radius 3 is 2.70 bits per heavy atom. The van der Waals surface area contributed by atoms with Gasteiger partial charge in [-0.2, -0.15) is 9.78 Å². The van der Waals surface area contributed by atoms with Crippen LogP contribution in [0.15, 0.2) is 48.5 Å². The minimum Gasteiger partial charge on any atom is -0.306 e. The molecule has 0 saturated carbocycles. The fourth-order valence-electron chi connectivity index (χ4n) is 2.28. The lowest BCUT2D eigenvalue weighted by Gasteiger charge is -2.06. The van der Waals surface area contributed by atoms with E-state index in [0.717, 1.165) is 27.8 Å². The van der Waals surface area contributed by atoms with Crippen molar-refractivity contribution in [2.75, 3.05) is 5.32 Å². The lowest BCUT2D eigenvalue weighted by molar-refractivity contribution is 0.251. The van der Waals surface area contributed by atoms with Crippen LogP contribution in [0.5, 0.6) is 0 Å². The molecule has 0 radical (unpaired) electrons. The molecule has 2 aromatic carbocycles. The lowest BCUT2D eigenvalue weighted by atomic mass is 10.2. The molecule has 1 amide bonds. The zero-order valence-corrected chi connectivity index (χ0v) is 11.4. The molecule has 0 atom stereocenters. The fraction of sp³-hybridized carbons (Fsp3) is 0.125. The molecule has 1 heterocycles. The number of anilines is 1. The Morgan fingerprint density at radius 1 is 1.10 bits per heavy atom. The quantitative estimate of drug-likeness (QED) is 0.728. The van der Waals surface area contributed by atoms with Crippen molar-refractivity contribution >= 4 is 22.6 Å². The number of hydrogen-bond acceptors (Lipinski definition) is 2. The van der Waals surface area contributed by atoms with E-state index in [-0.39, 0.29) is 6.03 Å². The average molecular weight is 265 g/mol. The number of nitrogens with one attached hydrogen (secondary N) is 1. The van der Waals surface area contributed by atoms with Crippen LogP contribution in [0, 0.1) is 13.8 Å². The van der Waals surface area contributed by atoms with E-state index in [9.17, 15) is 4.79 Å². The van der Waals surface area contributed by atoms with E-state index in [1.165, 1.54) is 4.68 Å². The fourth-order valence-corrected chi connectivity index (χ4v) is 2.28. The number of nitrogens with zero attached hydrogens (tertiary/aromatic N) is 2. The number of amides is 1. The minimum atomic E-state index is -0.250. The zero-order chi connectivity index (χ0) is 14.1. The van der Waals surface area contributed by atoms with Crippen molar-refractivity contribution in [3.8, 4) is 0 Å². The Hall–Kier alpha value is -2.62. The summed E-state index contributed by atoms with van der Waals surface area (Å²) in [6.07, 6.45) is 0. The summed E-state index contributed by atoms with van der Waals surface area (Å²) in [5.41, 5.74) is 3.53. The molecule has 4 heteroatoms. The highest BCUT2D eigenvalue weighted by Gasteiger charge is 2.12. The van der Waals surface area contributed by atoms with Crippen molar-refractivity contribution < 1.29 is 4.79 Å². The third-order valence-corrected chi connectivity index (χ3v) is 3.23. The summed E-state index contributed by atoms with van der Waals surface area (Å²) in [6.45, 7) is 3.89. The van der Waals surface area contributed by atoms with E-state index < -0.39 is 0 Å². The second-order valence-electron chi connectivity index (χ2n) is 4.81. The van der Waals surface area contributed by atoms with Crippen LogP contribution in [0.1, 0.15) is 11.3 Å². The monoisotopic (exact) mass is 265 g/mol. The number of carbonyl (C=O) groups is 1. The molecule has 0 saturated heterocycles. The van der Waals surface area contributed by atoms with Crippen LogP contribution in [0.4, 0.5) is 10.5 Å². The number of aromatic nitrogens is 2. The van der Waals surface area contributed by atoms with Gasteiger partial charge in [0.15, 0.2) is 0 Å². The van der Waals surface area contributed by atoms with E-state index in [0.29, 0.717) is 0 Å². The molecule has 0 spiro atoms. The van der Waals surface area contributed by atoms with Gasteiger partial charge in [0.05, 0.1) is 11.2 Å². The number of carbonyl (C=O) groups excluding carboxylic acids is 1. The molecule has 1 aromatic heterocycles. The van der Waals surface area contributed by atoms with Crippen molar-refractivity contribution in [1.29, 1.82) is 0 Å². The molecule has 0 aliphatic heterocycles. The Bertz CT molecular complexity index is 789. The molecule has 0 fully saturated rings. The average Bonchev–Trinajstić information content (AvgIpc) is 2.77. The predicted molar refractivity (Wildman–Crippen MR) is 80.1 cm³/mol. The van der Waals surface area contributed by atoms with E-state index in [1.54, 1.807) is 0 Å². The molecular weight excluding hydrogens is 250 g/mol. The van der Waals surface area contributed by atoms with Gasteiger partial charge in [0.25, 0.3) is 0 Å². The van der Waals surface area contributed by atoms with Crippen LogP contribution in [0.2, 0.25) is 0 Å². The standard InChI is InChI=1S/C16H15N3O/c1-11-6-5-7-13(10-11)17-16(20)19-15-9-4-3-8-14(15)12(2)18-19/h3-10H,1-2H3,(H,17,20). The molecule has 20 heavy (non-hydrogen) atoms. The van der Waals surface area contributed by atoms with Gasteiger partial charge in [-0.15, -0.1) is 0 Å². The summed E-state index contributed by atoms with van der Waals surface area (Å²) in [7, 11) is 0. The van der Waals surface area contributed by atoms with Crippen LogP contribution in [0.25, 0.3) is 10.9 Å². The van der Waals surface area contributed by atoms with Gasteiger partial charge in [-0.05, 0) is 37.6 Å². The highest BCUT2D eigenvalue weighted by atomic mass is 16.2. The molecular formula is C16H15N3O. The maximum Gasteiger partial charge on any atom is 0.347 e. The minimum absolute atomic E-state index is 0.250. The SMILES string of the molecule is Cc1cccc(NC(=O)n2nc(C)c3ccccc32)c1. The van der Waals surface area contributed by atoms with Crippen LogP contribution < -0.4 is 5.32 Å². The van der Waals surface area contributed by atoms with Gasteiger partial charge in [-0.25, -0.2) is 4.79 Å². The van der Waals surface area contributed by atoms with Gasteiger partial charge in [0.2, 0.25) is 0 Å². The van der Waals surface area contributed by atoms with Gasteiger partial charge in [-0.3, -0.25) is 0 Å². The van der Waals surface area contributed by atoms with E-state index in [1.807, 2.05) is 62.4 Å². The summed E-state index contributed by atoms with van der Waals surface area (Å²) in [5.74, 6) is 0. The van der Waals surface area contributed by atoms with Crippen molar-refractivity contribution in [3.05, 3.63) is 59.8 Å². The highest BCUT2D eigenvalue weighted by Crippen LogP contribution is 2.18. The maximum absolute atomic E-state index is 12.3. The largest absolute Gasteiger partial charge is 0.347 e. The predicted octanol–water partition coefficient (Wildman–Crippen LogP) is 3.73. The smallest absolute Gasteiger partial charge is 0.306 e. The topological polar surface area (TPSA) is 46.9 Å². The first kappa shape index (κ1) is 12.4. The Labute approximate surface area is 117 Å². The number of aryl methyl sites for hydroxylation is 2. The van der Waals surface area contributed by atoms with Crippen molar-refractivity contribution in [3.63, 3.8) is 0 Å². The molecule has 0 bridgehead atoms. The molecule has 3 rings (SSSR count). The van der Waals surface area contributed by atoms with Gasteiger partial charge >= 0.3 is 6.03 Å². The second-order valence-corrected chi connectivity index (χ2v) is 4.81. The molecule has 4 nitrogen and oxygen atoms in total. The molecule has 100 valence electrons. The first-order valence-electron chi connectivity index (χ1n) is 6.47. The summed E-state index contributed by atoms with van der Waals surface area (Å²) in [4.78, 5) is 12.3. The highest BCUT2D eigenvalue weighted by molar-refractivity contribution is 5.98. The summed E-state index contributed by atoms with van der Waals surface area (Å²) >= 11 is 0.